The van der Waals surface area contributed by atoms with Gasteiger partial charge in [0, 0.05) is 6.54 Å². The molecule has 1 aliphatic rings. The first-order valence-electron chi connectivity index (χ1n) is 4.58. The van der Waals surface area contributed by atoms with Crippen molar-refractivity contribution in [1.29, 1.82) is 0 Å². The molecule has 1 fully saturated rings. The summed E-state index contributed by atoms with van der Waals surface area (Å²) in [5.74, 6) is 0.804. The number of quaternary nitrogens is 1. The first-order valence-corrected chi connectivity index (χ1v) is 4.58. The van der Waals surface area contributed by atoms with Gasteiger partial charge in [-0.1, -0.05) is 13.8 Å². The topological polar surface area (TPSA) is 16.5 Å². The van der Waals surface area contributed by atoms with Gasteiger partial charge >= 0.3 is 0 Å². The fourth-order valence-corrected chi connectivity index (χ4v) is 1.71. The molecular weight excluding hydrogens is 136 g/mol. The molecule has 0 spiro atoms. The maximum Gasteiger partial charge on any atom is 0.0687 e. The van der Waals surface area contributed by atoms with E-state index in [1.165, 1.54) is 24.4 Å². The van der Waals surface area contributed by atoms with E-state index in [1.807, 2.05) is 0 Å². The third-order valence-electron chi connectivity index (χ3n) is 2.20. The van der Waals surface area contributed by atoms with Crippen LogP contribution >= 0.6 is 0 Å². The van der Waals surface area contributed by atoms with Crippen molar-refractivity contribution in [2.45, 2.75) is 26.3 Å². The molecule has 2 atom stereocenters. The molecule has 0 aromatic heterocycles. The fraction of sp³-hybridized carbons (Fsp3) is 0.889. The summed E-state index contributed by atoms with van der Waals surface area (Å²) in [6.45, 7) is 8.06. The average Bonchev–Trinajstić information content (AvgIpc) is 1.85. The van der Waals surface area contributed by atoms with Gasteiger partial charge in [-0.3, -0.25) is 0 Å². The molecule has 2 unspecified atom stereocenters. The monoisotopic (exact) mass is 156 g/mol. The van der Waals surface area contributed by atoms with E-state index in [-0.39, 0.29) is 0 Å². The van der Waals surface area contributed by atoms with E-state index in [0.29, 0.717) is 6.04 Å². The molecule has 11 heavy (non-hydrogen) atoms. The maximum absolute atomic E-state index is 4.03. The van der Waals surface area contributed by atoms with Crippen molar-refractivity contribution in [3.05, 3.63) is 7.05 Å². The van der Waals surface area contributed by atoms with E-state index in [9.17, 15) is 0 Å². The van der Waals surface area contributed by atoms with Gasteiger partial charge in [-0.05, 0) is 12.3 Å². The molecule has 0 saturated carbocycles. The van der Waals surface area contributed by atoms with Gasteiger partial charge < -0.3 is 10.2 Å². The van der Waals surface area contributed by atoms with Gasteiger partial charge in [0.05, 0.1) is 19.1 Å². The predicted octanol–water partition coefficient (Wildman–Crippen LogP) is -0.319. The standard InChI is InChI=1S/C9H20N2/c1-8(2)6-9-7-11(3)5-4-10-9/h8-11H,3-7H2,1-2H3. The van der Waals surface area contributed by atoms with E-state index >= 15 is 0 Å². The Morgan fingerprint density at radius 3 is 2.91 bits per heavy atom. The number of rotatable bonds is 2. The zero-order valence-corrected chi connectivity index (χ0v) is 7.69. The minimum absolute atomic E-state index is 0.705. The smallest absolute Gasteiger partial charge is 0.0687 e. The number of hydrogen-bond donors (Lipinski definition) is 2. The molecule has 66 valence electrons. The van der Waals surface area contributed by atoms with E-state index < -0.39 is 0 Å². The van der Waals surface area contributed by atoms with Crippen LogP contribution in [0.4, 0.5) is 0 Å². The molecule has 0 radical (unpaired) electrons. The summed E-state index contributed by atoms with van der Waals surface area (Å²) in [6, 6.07) is 0.705. The number of nitrogens with one attached hydrogen (secondary N) is 2. The minimum Gasteiger partial charge on any atom is -0.465 e. The summed E-state index contributed by atoms with van der Waals surface area (Å²) in [5, 5.41) is 3.52. The largest absolute Gasteiger partial charge is 0.465 e. The molecule has 1 saturated heterocycles. The molecule has 2 heteroatoms. The number of hydrogen-bond acceptors (Lipinski definition) is 1. The summed E-state index contributed by atoms with van der Waals surface area (Å²) >= 11 is 0. The second kappa shape index (κ2) is 4.07. The van der Waals surface area contributed by atoms with Crippen LogP contribution in [0.2, 0.25) is 0 Å². The Labute approximate surface area is 70.0 Å². The maximum atomic E-state index is 4.03. The summed E-state index contributed by atoms with van der Waals surface area (Å²) in [6.07, 6.45) is 1.29. The van der Waals surface area contributed by atoms with Gasteiger partial charge in [0.15, 0.2) is 0 Å². The summed E-state index contributed by atoms with van der Waals surface area (Å²) in [5.41, 5.74) is 0. The summed E-state index contributed by atoms with van der Waals surface area (Å²) in [7, 11) is 4.03. The molecule has 0 bridgehead atoms. The van der Waals surface area contributed by atoms with Gasteiger partial charge in [0.1, 0.15) is 0 Å². The first-order chi connectivity index (χ1) is 5.18. The van der Waals surface area contributed by atoms with E-state index in [0.717, 1.165) is 12.5 Å². The molecule has 2 N–H and O–H groups in total. The lowest BCUT2D eigenvalue weighted by Crippen LogP contribution is -3.11. The third-order valence-corrected chi connectivity index (χ3v) is 2.20. The lowest BCUT2D eigenvalue weighted by molar-refractivity contribution is -0.859. The van der Waals surface area contributed by atoms with Crippen LogP contribution in [0.1, 0.15) is 20.3 Å². The molecule has 0 aliphatic carbocycles. The fourth-order valence-electron chi connectivity index (χ4n) is 1.71. The van der Waals surface area contributed by atoms with Gasteiger partial charge in [-0.2, -0.15) is 7.05 Å². The van der Waals surface area contributed by atoms with Crippen LogP contribution < -0.4 is 10.2 Å². The Balaban J connectivity index is 2.23. The van der Waals surface area contributed by atoms with Crippen LogP contribution in [0.15, 0.2) is 0 Å². The van der Waals surface area contributed by atoms with E-state index in [1.54, 1.807) is 0 Å². The van der Waals surface area contributed by atoms with Crippen molar-refractivity contribution in [2.75, 3.05) is 19.6 Å². The van der Waals surface area contributed by atoms with Crippen LogP contribution in [0.5, 0.6) is 0 Å². The van der Waals surface area contributed by atoms with Crippen LogP contribution in [0.3, 0.4) is 0 Å². The van der Waals surface area contributed by atoms with Crippen molar-refractivity contribution in [1.82, 2.24) is 5.32 Å². The zero-order valence-electron chi connectivity index (χ0n) is 7.69. The van der Waals surface area contributed by atoms with E-state index in [2.05, 4.69) is 26.2 Å². The second-order valence-corrected chi connectivity index (χ2v) is 3.98. The molecule has 1 rings (SSSR count). The van der Waals surface area contributed by atoms with Crippen LogP contribution in [-0.4, -0.2) is 25.7 Å². The Hall–Kier alpha value is -0.0800. The molecule has 1 aliphatic heterocycles. The highest BCUT2D eigenvalue weighted by atomic mass is 15.2. The van der Waals surface area contributed by atoms with Crippen molar-refractivity contribution in [2.24, 2.45) is 5.92 Å². The van der Waals surface area contributed by atoms with Gasteiger partial charge in [0.2, 0.25) is 0 Å². The Morgan fingerprint density at radius 2 is 2.36 bits per heavy atom. The highest BCUT2D eigenvalue weighted by molar-refractivity contribution is 4.69. The Kier molecular flexibility index (Phi) is 3.34. The minimum atomic E-state index is 0.705. The molecule has 0 aromatic carbocycles. The highest BCUT2D eigenvalue weighted by Gasteiger charge is 2.17. The van der Waals surface area contributed by atoms with Crippen molar-refractivity contribution < 1.29 is 4.90 Å². The van der Waals surface area contributed by atoms with Gasteiger partial charge in [-0.15, -0.1) is 0 Å². The molecule has 0 amide bonds. The Bertz CT molecular complexity index is 110. The highest BCUT2D eigenvalue weighted by Crippen LogP contribution is 2.03. The van der Waals surface area contributed by atoms with Gasteiger partial charge in [-0.25, -0.2) is 0 Å². The van der Waals surface area contributed by atoms with E-state index in [4.69, 9.17) is 0 Å². The normalized spacial score (nSPS) is 32.7. The molecular formula is C9H20N2. The van der Waals surface area contributed by atoms with Gasteiger partial charge in [0.25, 0.3) is 0 Å². The quantitative estimate of drug-likeness (QED) is 0.524. The lowest BCUT2D eigenvalue weighted by atomic mass is 10.0. The zero-order chi connectivity index (χ0) is 8.27. The summed E-state index contributed by atoms with van der Waals surface area (Å²) in [4.78, 5) is 1.43. The van der Waals surface area contributed by atoms with Crippen molar-refractivity contribution in [3.63, 3.8) is 0 Å². The SMILES string of the molecule is [CH2-][NH+]1CCNC(CC(C)C)C1. The summed E-state index contributed by atoms with van der Waals surface area (Å²) < 4.78 is 0. The number of piperazine rings is 1. The molecule has 2 nitrogen and oxygen atoms in total. The molecule has 1 heterocycles. The van der Waals surface area contributed by atoms with Crippen LogP contribution in [0, 0.1) is 13.0 Å². The lowest BCUT2D eigenvalue weighted by Gasteiger charge is -2.33. The van der Waals surface area contributed by atoms with Crippen molar-refractivity contribution >= 4 is 0 Å². The van der Waals surface area contributed by atoms with Crippen LogP contribution in [-0.2, 0) is 0 Å². The van der Waals surface area contributed by atoms with Crippen LogP contribution in [0.25, 0.3) is 0 Å². The first kappa shape index (κ1) is 9.01. The Morgan fingerprint density at radius 1 is 1.64 bits per heavy atom. The molecule has 0 aromatic rings. The predicted molar refractivity (Wildman–Crippen MR) is 47.3 cm³/mol. The third kappa shape index (κ3) is 3.21. The average molecular weight is 156 g/mol. The second-order valence-electron chi connectivity index (χ2n) is 3.98. The van der Waals surface area contributed by atoms with Crippen molar-refractivity contribution in [3.8, 4) is 0 Å².